The molecule has 0 aliphatic carbocycles. The van der Waals surface area contributed by atoms with Gasteiger partial charge < -0.3 is 9.84 Å². The number of carbonyl (C=O) groups is 2. The minimum Gasteiger partial charge on any atom is -0.503 e. The molecule has 10 heteroatoms. The third kappa shape index (κ3) is 6.87. The molecule has 4 aromatic carbocycles. The molecule has 6 rings (SSSR count). The second-order valence-electron chi connectivity index (χ2n) is 10.0. The van der Waals surface area contributed by atoms with Crippen molar-refractivity contribution in [2.24, 2.45) is 0 Å². The van der Waals surface area contributed by atoms with Gasteiger partial charge >= 0.3 is 0 Å². The van der Waals surface area contributed by atoms with Crippen molar-refractivity contribution >= 4 is 46.0 Å². The number of hydrogen-bond donors (Lipinski definition) is 1. The van der Waals surface area contributed by atoms with Crippen molar-refractivity contribution in [3.63, 3.8) is 0 Å². The molecule has 1 amide bonds. The normalized spacial score (nSPS) is 14.8. The number of aliphatic hydroxyl groups is 1. The van der Waals surface area contributed by atoms with Crippen molar-refractivity contribution < 1.29 is 23.8 Å². The molecular formula is C35H26FN3O4S2. The average Bonchev–Trinajstić information content (AvgIpc) is 3.65. The maximum Gasteiger partial charge on any atom is 0.296 e. The van der Waals surface area contributed by atoms with Gasteiger partial charge in [0, 0.05) is 5.75 Å². The fourth-order valence-electron chi connectivity index (χ4n) is 4.80. The minimum absolute atomic E-state index is 0.0686. The number of nitrogens with zero attached hydrogens (tertiary/aromatic N) is 3. The first-order valence-corrected chi connectivity index (χ1v) is 15.8. The van der Waals surface area contributed by atoms with Crippen LogP contribution in [0.15, 0.2) is 131 Å². The molecule has 1 aliphatic heterocycles. The van der Waals surface area contributed by atoms with Crippen LogP contribution < -0.4 is 9.64 Å². The largest absolute Gasteiger partial charge is 0.503 e. The van der Waals surface area contributed by atoms with Crippen molar-refractivity contribution in [1.29, 1.82) is 0 Å². The highest BCUT2D eigenvalue weighted by Gasteiger charge is 2.45. The summed E-state index contributed by atoms with van der Waals surface area (Å²) in [5.74, 6) is -1.32. The second kappa shape index (κ2) is 13.7. The lowest BCUT2D eigenvalue weighted by Gasteiger charge is -2.24. The summed E-state index contributed by atoms with van der Waals surface area (Å²) in [7, 11) is 0. The van der Waals surface area contributed by atoms with Gasteiger partial charge in [0.15, 0.2) is 15.9 Å². The van der Waals surface area contributed by atoms with Gasteiger partial charge in [-0.2, -0.15) is 0 Å². The Morgan fingerprint density at radius 1 is 0.933 bits per heavy atom. The van der Waals surface area contributed by atoms with Gasteiger partial charge in [0.1, 0.15) is 18.2 Å². The molecule has 0 fully saturated rings. The van der Waals surface area contributed by atoms with Crippen LogP contribution in [0.2, 0.25) is 0 Å². The summed E-state index contributed by atoms with van der Waals surface area (Å²) in [6.07, 6.45) is 2.98. The van der Waals surface area contributed by atoms with Gasteiger partial charge in [0.2, 0.25) is 5.13 Å². The topological polar surface area (TPSA) is 92.6 Å². The van der Waals surface area contributed by atoms with Gasteiger partial charge in [-0.1, -0.05) is 120 Å². The summed E-state index contributed by atoms with van der Waals surface area (Å²) in [5.41, 5.74) is 2.83. The zero-order chi connectivity index (χ0) is 31.2. The number of ketones is 1. The van der Waals surface area contributed by atoms with Gasteiger partial charge in [-0.15, -0.1) is 10.2 Å². The SMILES string of the molecule is O=C(C=Cc1ccccc1)C1=C(O)C(=O)N(c2nnc(SCc3ccccc3F)s2)C1c1ccc(OCc2ccccc2)cc1. The van der Waals surface area contributed by atoms with E-state index in [9.17, 15) is 19.1 Å². The molecule has 45 heavy (non-hydrogen) atoms. The number of halogens is 1. The summed E-state index contributed by atoms with van der Waals surface area (Å²) < 4.78 is 20.6. The van der Waals surface area contributed by atoms with Crippen LogP contribution in [0.4, 0.5) is 9.52 Å². The summed E-state index contributed by atoms with van der Waals surface area (Å²) in [6, 6.07) is 31.5. The lowest BCUT2D eigenvalue weighted by atomic mass is 9.95. The van der Waals surface area contributed by atoms with E-state index >= 15 is 0 Å². The van der Waals surface area contributed by atoms with Gasteiger partial charge in [0.25, 0.3) is 5.91 Å². The summed E-state index contributed by atoms with van der Waals surface area (Å²) in [4.78, 5) is 28.4. The predicted molar refractivity (Wildman–Crippen MR) is 173 cm³/mol. The molecule has 224 valence electrons. The third-order valence-corrected chi connectivity index (χ3v) is 9.16. The van der Waals surface area contributed by atoms with E-state index in [4.69, 9.17) is 4.74 Å². The van der Waals surface area contributed by atoms with E-state index in [1.165, 1.54) is 28.8 Å². The summed E-state index contributed by atoms with van der Waals surface area (Å²) in [6.45, 7) is 0.376. The molecule has 0 saturated heterocycles. The van der Waals surface area contributed by atoms with Crippen LogP contribution in [-0.4, -0.2) is 27.0 Å². The van der Waals surface area contributed by atoms with Crippen LogP contribution in [-0.2, 0) is 21.9 Å². The average molecular weight is 636 g/mol. The number of benzene rings is 4. The van der Waals surface area contributed by atoms with Gasteiger partial charge in [0.05, 0.1) is 11.6 Å². The van der Waals surface area contributed by atoms with E-state index in [2.05, 4.69) is 10.2 Å². The number of ether oxygens (including phenoxy) is 1. The fraction of sp³-hybridized carbons (Fsp3) is 0.0857. The molecule has 1 aromatic heterocycles. The Bertz CT molecular complexity index is 1880. The number of aromatic nitrogens is 2. The van der Waals surface area contributed by atoms with E-state index in [1.54, 1.807) is 48.5 Å². The molecule has 0 bridgehead atoms. The first-order chi connectivity index (χ1) is 22.0. The maximum absolute atomic E-state index is 14.2. The Morgan fingerprint density at radius 3 is 2.36 bits per heavy atom. The summed E-state index contributed by atoms with van der Waals surface area (Å²) >= 11 is 2.40. The molecule has 7 nitrogen and oxygen atoms in total. The van der Waals surface area contributed by atoms with Crippen molar-refractivity contribution in [3.8, 4) is 5.75 Å². The van der Waals surface area contributed by atoms with E-state index in [-0.39, 0.29) is 16.5 Å². The number of anilines is 1. The van der Waals surface area contributed by atoms with Crippen LogP contribution in [0.5, 0.6) is 5.75 Å². The molecule has 2 heterocycles. The summed E-state index contributed by atoms with van der Waals surface area (Å²) in [5, 5.41) is 19.7. The van der Waals surface area contributed by atoms with Crippen LogP contribution in [0.3, 0.4) is 0 Å². The quantitative estimate of drug-likeness (QED) is 0.0902. The molecular weight excluding hydrogens is 610 g/mol. The Hall–Kier alpha value is -5.06. The maximum atomic E-state index is 14.2. The number of aliphatic hydroxyl groups excluding tert-OH is 1. The standard InChI is InChI=1S/C35H26FN3O4S2/c36-28-14-8-7-13-26(28)22-44-35-38-37-34(45-35)39-31(25-16-18-27(19-17-25)43-21-24-11-5-2-6-12-24)30(32(41)33(39)42)29(40)20-15-23-9-3-1-4-10-23/h1-20,31,41H,21-22H2. The molecule has 1 N–H and O–H groups in total. The first-order valence-electron chi connectivity index (χ1n) is 14.0. The van der Waals surface area contributed by atoms with Gasteiger partial charge in [-0.3, -0.25) is 14.5 Å². The Balaban J connectivity index is 1.29. The van der Waals surface area contributed by atoms with Crippen molar-refractivity contribution in [2.75, 3.05) is 4.90 Å². The van der Waals surface area contributed by atoms with Crippen molar-refractivity contribution in [2.45, 2.75) is 22.7 Å². The molecule has 5 aromatic rings. The van der Waals surface area contributed by atoms with E-state index in [0.29, 0.717) is 33.6 Å². The smallest absolute Gasteiger partial charge is 0.296 e. The lowest BCUT2D eigenvalue weighted by molar-refractivity contribution is -0.117. The number of allylic oxidation sites excluding steroid dienone is 1. The van der Waals surface area contributed by atoms with Crippen LogP contribution in [0, 0.1) is 5.82 Å². The molecule has 1 unspecified atom stereocenters. The Labute approximate surface area is 267 Å². The highest BCUT2D eigenvalue weighted by molar-refractivity contribution is 8.00. The highest BCUT2D eigenvalue weighted by atomic mass is 32.2. The first kappa shape index (κ1) is 30.0. The molecule has 1 atom stereocenters. The van der Waals surface area contributed by atoms with Crippen molar-refractivity contribution in [1.82, 2.24) is 10.2 Å². The van der Waals surface area contributed by atoms with E-state index in [0.717, 1.165) is 22.5 Å². The van der Waals surface area contributed by atoms with Gasteiger partial charge in [-0.05, 0) is 46.5 Å². The number of amides is 1. The third-order valence-electron chi connectivity index (χ3n) is 7.06. The lowest BCUT2D eigenvalue weighted by Crippen LogP contribution is -2.30. The van der Waals surface area contributed by atoms with Crippen LogP contribution in [0.25, 0.3) is 6.08 Å². The highest BCUT2D eigenvalue weighted by Crippen LogP contribution is 2.43. The molecule has 1 aliphatic rings. The van der Waals surface area contributed by atoms with Crippen LogP contribution in [0.1, 0.15) is 28.3 Å². The number of hydrogen-bond acceptors (Lipinski definition) is 8. The minimum atomic E-state index is -0.967. The number of carbonyl (C=O) groups excluding carboxylic acids is 2. The fourth-order valence-corrected chi connectivity index (χ4v) is 6.65. The van der Waals surface area contributed by atoms with Crippen molar-refractivity contribution in [3.05, 3.63) is 155 Å². The molecule has 0 spiro atoms. The molecule has 0 saturated carbocycles. The zero-order valence-corrected chi connectivity index (χ0v) is 25.4. The predicted octanol–water partition coefficient (Wildman–Crippen LogP) is 7.73. The van der Waals surface area contributed by atoms with E-state index < -0.39 is 23.5 Å². The Kier molecular flexibility index (Phi) is 9.14. The van der Waals surface area contributed by atoms with Crippen LogP contribution >= 0.6 is 23.1 Å². The molecule has 0 radical (unpaired) electrons. The zero-order valence-electron chi connectivity index (χ0n) is 23.7. The van der Waals surface area contributed by atoms with Gasteiger partial charge in [-0.25, -0.2) is 4.39 Å². The van der Waals surface area contributed by atoms with E-state index in [1.807, 2.05) is 60.7 Å². The number of rotatable bonds is 11. The monoisotopic (exact) mass is 635 g/mol. The second-order valence-corrected chi connectivity index (χ2v) is 12.2. The number of thioether (sulfide) groups is 1. The Morgan fingerprint density at radius 2 is 1.62 bits per heavy atom.